The van der Waals surface area contributed by atoms with Crippen LogP contribution in [0.1, 0.15) is 11.1 Å². The van der Waals surface area contributed by atoms with Gasteiger partial charge in [-0.05, 0) is 42.9 Å². The summed E-state index contributed by atoms with van der Waals surface area (Å²) in [5, 5.41) is 0.651. The maximum Gasteiger partial charge on any atom is 0.179 e. The lowest BCUT2D eigenvalue weighted by atomic mass is 10.2. The summed E-state index contributed by atoms with van der Waals surface area (Å²) >= 11 is 11.7. The highest BCUT2D eigenvalue weighted by Gasteiger charge is 2.12. The van der Waals surface area contributed by atoms with Gasteiger partial charge in [0, 0.05) is 16.8 Å². The smallest absolute Gasteiger partial charge is 0.179 e. The first-order valence-corrected chi connectivity index (χ1v) is 7.25. The fourth-order valence-corrected chi connectivity index (χ4v) is 2.82. The fraction of sp³-hybridized carbons (Fsp3) is 0.200. The number of H-pyrrole nitrogens is 1. The summed E-state index contributed by atoms with van der Waals surface area (Å²) < 4.78 is 7.92. The van der Waals surface area contributed by atoms with Gasteiger partial charge in [-0.15, -0.1) is 0 Å². The SMILES string of the molecule is COc1cccc(Cl)c1Cn1c(=S)[nH]c2cc(C)cnc21. The molecule has 0 saturated carbocycles. The zero-order valence-electron chi connectivity index (χ0n) is 11.7. The number of nitrogens with zero attached hydrogens (tertiary/aromatic N) is 2. The third-order valence-corrected chi connectivity index (χ3v) is 4.03. The van der Waals surface area contributed by atoms with Gasteiger partial charge in [0.25, 0.3) is 0 Å². The van der Waals surface area contributed by atoms with Crippen LogP contribution in [0.25, 0.3) is 11.2 Å². The Morgan fingerprint density at radius 2 is 2.24 bits per heavy atom. The molecule has 0 radical (unpaired) electrons. The first-order chi connectivity index (χ1) is 10.1. The Balaban J connectivity index is 2.15. The molecule has 2 heterocycles. The molecule has 1 aromatic carbocycles. The maximum absolute atomic E-state index is 6.30. The molecule has 0 atom stereocenters. The molecule has 0 aliphatic carbocycles. The quantitative estimate of drug-likeness (QED) is 0.739. The molecule has 108 valence electrons. The van der Waals surface area contributed by atoms with E-state index in [-0.39, 0.29) is 0 Å². The molecule has 2 aromatic heterocycles. The number of fused-ring (bicyclic) bond motifs is 1. The normalized spacial score (nSPS) is 11.0. The van der Waals surface area contributed by atoms with Crippen LogP contribution in [-0.4, -0.2) is 21.6 Å². The van der Waals surface area contributed by atoms with Crippen molar-refractivity contribution in [1.82, 2.24) is 14.5 Å². The third kappa shape index (κ3) is 2.54. The number of aromatic amines is 1. The number of nitrogens with one attached hydrogen (secondary N) is 1. The highest BCUT2D eigenvalue weighted by molar-refractivity contribution is 7.71. The van der Waals surface area contributed by atoms with Gasteiger partial charge in [-0.3, -0.25) is 4.57 Å². The molecule has 0 saturated heterocycles. The van der Waals surface area contributed by atoms with Crippen LogP contribution in [-0.2, 0) is 6.54 Å². The highest BCUT2D eigenvalue weighted by Crippen LogP contribution is 2.28. The fourth-order valence-electron chi connectivity index (χ4n) is 2.34. The van der Waals surface area contributed by atoms with Crippen LogP contribution >= 0.6 is 23.8 Å². The second-order valence-electron chi connectivity index (χ2n) is 4.82. The number of aromatic nitrogens is 3. The van der Waals surface area contributed by atoms with Crippen LogP contribution in [0.2, 0.25) is 5.02 Å². The van der Waals surface area contributed by atoms with Crippen molar-refractivity contribution in [2.75, 3.05) is 7.11 Å². The summed E-state index contributed by atoms with van der Waals surface area (Å²) in [6, 6.07) is 7.62. The average Bonchev–Trinajstić information content (AvgIpc) is 2.76. The Labute approximate surface area is 132 Å². The Bertz CT molecular complexity index is 869. The van der Waals surface area contributed by atoms with E-state index >= 15 is 0 Å². The van der Waals surface area contributed by atoms with Crippen molar-refractivity contribution < 1.29 is 4.74 Å². The number of pyridine rings is 1. The molecule has 0 aliphatic rings. The first-order valence-electron chi connectivity index (χ1n) is 6.46. The lowest BCUT2D eigenvalue weighted by molar-refractivity contribution is 0.408. The number of halogens is 1. The summed E-state index contributed by atoms with van der Waals surface area (Å²) in [7, 11) is 1.63. The molecule has 0 aliphatic heterocycles. The molecule has 21 heavy (non-hydrogen) atoms. The molecule has 0 amide bonds. The highest BCUT2D eigenvalue weighted by atomic mass is 35.5. The van der Waals surface area contributed by atoms with E-state index in [2.05, 4.69) is 9.97 Å². The van der Waals surface area contributed by atoms with Gasteiger partial charge in [0.2, 0.25) is 0 Å². The van der Waals surface area contributed by atoms with E-state index in [4.69, 9.17) is 28.6 Å². The summed E-state index contributed by atoms with van der Waals surface area (Å²) in [6.07, 6.45) is 1.82. The van der Waals surface area contributed by atoms with E-state index in [1.54, 1.807) is 7.11 Å². The summed E-state index contributed by atoms with van der Waals surface area (Å²) in [5.41, 5.74) is 3.71. The van der Waals surface area contributed by atoms with Crippen molar-refractivity contribution in [3.05, 3.63) is 51.4 Å². The van der Waals surface area contributed by atoms with Crippen molar-refractivity contribution in [2.45, 2.75) is 13.5 Å². The molecule has 0 bridgehead atoms. The number of methoxy groups -OCH3 is 1. The van der Waals surface area contributed by atoms with Crippen LogP contribution in [0.5, 0.6) is 5.75 Å². The second kappa shape index (κ2) is 5.50. The molecule has 1 N–H and O–H groups in total. The minimum atomic E-state index is 0.512. The number of hydrogen-bond acceptors (Lipinski definition) is 3. The molecule has 3 aromatic rings. The number of rotatable bonds is 3. The molecule has 3 rings (SSSR count). The molecular weight excluding hydrogens is 306 g/mol. The lowest BCUT2D eigenvalue weighted by Gasteiger charge is -2.11. The third-order valence-electron chi connectivity index (χ3n) is 3.36. The van der Waals surface area contributed by atoms with Crippen molar-refractivity contribution in [1.29, 1.82) is 0 Å². The predicted molar refractivity (Wildman–Crippen MR) is 86.8 cm³/mol. The zero-order chi connectivity index (χ0) is 15.0. The van der Waals surface area contributed by atoms with E-state index in [0.29, 0.717) is 16.3 Å². The molecule has 0 fully saturated rings. The van der Waals surface area contributed by atoms with Crippen LogP contribution < -0.4 is 4.74 Å². The monoisotopic (exact) mass is 319 g/mol. The molecular formula is C15H14ClN3OS. The van der Waals surface area contributed by atoms with E-state index in [1.165, 1.54) is 0 Å². The van der Waals surface area contributed by atoms with Gasteiger partial charge in [0.15, 0.2) is 10.4 Å². The van der Waals surface area contributed by atoms with Crippen molar-refractivity contribution in [3.63, 3.8) is 0 Å². The maximum atomic E-state index is 6.30. The van der Waals surface area contributed by atoms with Crippen LogP contribution in [0.4, 0.5) is 0 Å². The topological polar surface area (TPSA) is 42.8 Å². The van der Waals surface area contributed by atoms with Crippen molar-refractivity contribution in [3.8, 4) is 5.75 Å². The Hall–Kier alpha value is -1.85. The van der Waals surface area contributed by atoms with E-state index in [1.807, 2.05) is 42.0 Å². The Morgan fingerprint density at radius 3 is 3.00 bits per heavy atom. The Morgan fingerprint density at radius 1 is 1.43 bits per heavy atom. The Kier molecular flexibility index (Phi) is 3.69. The lowest BCUT2D eigenvalue weighted by Crippen LogP contribution is -2.03. The number of aryl methyl sites for hydroxylation is 1. The number of hydrogen-bond donors (Lipinski definition) is 1. The van der Waals surface area contributed by atoms with Crippen molar-refractivity contribution in [2.24, 2.45) is 0 Å². The molecule has 4 nitrogen and oxygen atoms in total. The van der Waals surface area contributed by atoms with Gasteiger partial charge < -0.3 is 9.72 Å². The van der Waals surface area contributed by atoms with Crippen LogP contribution in [0.15, 0.2) is 30.5 Å². The first kappa shape index (κ1) is 14.1. The van der Waals surface area contributed by atoms with Gasteiger partial charge in [-0.1, -0.05) is 17.7 Å². The average molecular weight is 320 g/mol. The van der Waals surface area contributed by atoms with E-state index in [9.17, 15) is 0 Å². The van der Waals surface area contributed by atoms with Gasteiger partial charge in [0.05, 0.1) is 19.2 Å². The standard InChI is InChI=1S/C15H14ClN3OS/c1-9-6-12-14(17-7-9)19(15(21)18-12)8-10-11(16)4-3-5-13(10)20-2/h3-7H,8H2,1-2H3,(H,18,21). The van der Waals surface area contributed by atoms with Crippen molar-refractivity contribution >= 4 is 35.0 Å². The van der Waals surface area contributed by atoms with Gasteiger partial charge >= 0.3 is 0 Å². The number of ether oxygens (including phenoxy) is 1. The van der Waals surface area contributed by atoms with E-state index in [0.717, 1.165) is 28.0 Å². The van der Waals surface area contributed by atoms with Gasteiger partial charge in [0.1, 0.15) is 5.75 Å². The van der Waals surface area contributed by atoms with E-state index < -0.39 is 0 Å². The molecule has 6 heteroatoms. The minimum absolute atomic E-state index is 0.512. The van der Waals surface area contributed by atoms with Gasteiger partial charge in [-0.25, -0.2) is 4.98 Å². The summed E-state index contributed by atoms with van der Waals surface area (Å²) in [5.74, 6) is 0.742. The predicted octanol–water partition coefficient (Wildman–Crippen LogP) is 4.11. The summed E-state index contributed by atoms with van der Waals surface area (Å²) in [4.78, 5) is 7.64. The number of imidazole rings is 1. The largest absolute Gasteiger partial charge is 0.496 e. The summed E-state index contributed by atoms with van der Waals surface area (Å²) in [6.45, 7) is 2.51. The molecule has 0 unspecified atom stereocenters. The molecule has 0 spiro atoms. The zero-order valence-corrected chi connectivity index (χ0v) is 13.3. The second-order valence-corrected chi connectivity index (χ2v) is 5.61. The minimum Gasteiger partial charge on any atom is -0.496 e. The number of benzene rings is 1. The van der Waals surface area contributed by atoms with Gasteiger partial charge in [-0.2, -0.15) is 0 Å². The van der Waals surface area contributed by atoms with Crippen LogP contribution in [0, 0.1) is 11.7 Å². The van der Waals surface area contributed by atoms with Crippen LogP contribution in [0.3, 0.4) is 0 Å².